The third-order valence-electron chi connectivity index (χ3n) is 4.77. The number of nitrogens with one attached hydrogen (secondary N) is 2. The molecule has 150 valence electrons. The maximum Gasteiger partial charge on any atom is 0.191 e. The minimum absolute atomic E-state index is 0. The van der Waals surface area contributed by atoms with Gasteiger partial charge in [0, 0.05) is 37.1 Å². The Morgan fingerprint density at radius 2 is 1.93 bits per heavy atom. The van der Waals surface area contributed by atoms with Crippen molar-refractivity contribution >= 4 is 40.9 Å². The number of halogens is 1. The fraction of sp³-hybridized carbons (Fsp3) is 0.550. The maximum absolute atomic E-state index is 5.85. The zero-order valence-corrected chi connectivity index (χ0v) is 18.8. The molecular formula is C20H31IN4O2. The van der Waals surface area contributed by atoms with Gasteiger partial charge in [-0.2, -0.15) is 0 Å². The van der Waals surface area contributed by atoms with Crippen LogP contribution in [0, 0.1) is 0 Å². The molecule has 1 fully saturated rings. The number of fused-ring (bicyclic) bond motifs is 1. The van der Waals surface area contributed by atoms with Crippen molar-refractivity contribution in [3.05, 3.63) is 36.1 Å². The molecule has 0 saturated carbocycles. The summed E-state index contributed by atoms with van der Waals surface area (Å²) in [6.07, 6.45) is 0. The average molecular weight is 486 g/mol. The molecule has 1 aliphatic rings. The van der Waals surface area contributed by atoms with E-state index in [9.17, 15) is 0 Å². The predicted octanol–water partition coefficient (Wildman–Crippen LogP) is 3.22. The van der Waals surface area contributed by atoms with Crippen LogP contribution in [0.25, 0.3) is 11.0 Å². The van der Waals surface area contributed by atoms with Crippen LogP contribution in [0.2, 0.25) is 0 Å². The maximum atomic E-state index is 5.85. The van der Waals surface area contributed by atoms with Crippen LogP contribution in [0.3, 0.4) is 0 Å². The fourth-order valence-electron chi connectivity index (χ4n) is 3.19. The molecule has 6 nitrogen and oxygen atoms in total. The number of morpholine rings is 1. The summed E-state index contributed by atoms with van der Waals surface area (Å²) in [6, 6.07) is 10.1. The zero-order valence-electron chi connectivity index (χ0n) is 16.5. The normalized spacial score (nSPS) is 16.2. The van der Waals surface area contributed by atoms with Crippen LogP contribution in [0.5, 0.6) is 0 Å². The first-order valence-electron chi connectivity index (χ1n) is 9.41. The highest BCUT2D eigenvalue weighted by atomic mass is 127. The van der Waals surface area contributed by atoms with Crippen molar-refractivity contribution in [2.75, 3.05) is 39.4 Å². The number of furan rings is 1. The van der Waals surface area contributed by atoms with E-state index in [1.807, 2.05) is 18.2 Å². The molecule has 7 heteroatoms. The number of ether oxygens (including phenoxy) is 1. The molecule has 0 aliphatic carbocycles. The third-order valence-corrected chi connectivity index (χ3v) is 4.77. The lowest BCUT2D eigenvalue weighted by Crippen LogP contribution is -2.56. The van der Waals surface area contributed by atoms with Crippen LogP contribution >= 0.6 is 24.0 Å². The van der Waals surface area contributed by atoms with Crippen molar-refractivity contribution in [1.29, 1.82) is 0 Å². The van der Waals surface area contributed by atoms with Gasteiger partial charge in [0.05, 0.1) is 13.2 Å². The zero-order chi connectivity index (χ0) is 18.4. The summed E-state index contributed by atoms with van der Waals surface area (Å²) in [5, 5.41) is 7.91. The second kappa shape index (κ2) is 10.3. The Hall–Kier alpha value is -1.32. The van der Waals surface area contributed by atoms with Crippen LogP contribution in [-0.2, 0) is 11.3 Å². The van der Waals surface area contributed by atoms with Crippen LogP contribution in [0.15, 0.2) is 39.7 Å². The molecule has 2 heterocycles. The first-order valence-corrected chi connectivity index (χ1v) is 9.41. The number of rotatable bonds is 6. The SMILES string of the molecule is CCNC(=NCc1cc2ccccc2o1)NCC(C)(C)N1CCOCC1.I. The molecule has 0 atom stereocenters. The highest BCUT2D eigenvalue weighted by Crippen LogP contribution is 2.19. The first-order chi connectivity index (χ1) is 12.6. The third kappa shape index (κ3) is 6.08. The molecule has 0 unspecified atom stereocenters. The van der Waals surface area contributed by atoms with Crippen molar-refractivity contribution < 1.29 is 9.15 Å². The lowest BCUT2D eigenvalue weighted by atomic mass is 10.0. The molecule has 3 rings (SSSR count). The van der Waals surface area contributed by atoms with Crippen molar-refractivity contribution in [3.63, 3.8) is 0 Å². The monoisotopic (exact) mass is 486 g/mol. The van der Waals surface area contributed by atoms with E-state index < -0.39 is 0 Å². The van der Waals surface area contributed by atoms with Gasteiger partial charge in [-0.15, -0.1) is 24.0 Å². The molecule has 0 spiro atoms. The Morgan fingerprint density at radius 3 is 2.63 bits per heavy atom. The van der Waals surface area contributed by atoms with Gasteiger partial charge in [0.25, 0.3) is 0 Å². The van der Waals surface area contributed by atoms with Crippen LogP contribution in [-0.4, -0.2) is 55.8 Å². The Bertz CT molecular complexity index is 705. The topological polar surface area (TPSA) is 62.0 Å². The Balaban J connectivity index is 0.00000261. The van der Waals surface area contributed by atoms with E-state index in [4.69, 9.17) is 9.15 Å². The molecular weight excluding hydrogens is 455 g/mol. The summed E-state index contributed by atoms with van der Waals surface area (Å²) >= 11 is 0. The van der Waals surface area contributed by atoms with Gasteiger partial charge in [0.15, 0.2) is 5.96 Å². The molecule has 2 N–H and O–H groups in total. The summed E-state index contributed by atoms with van der Waals surface area (Å²) in [5.74, 6) is 1.69. The van der Waals surface area contributed by atoms with E-state index in [0.29, 0.717) is 6.54 Å². The molecule has 0 radical (unpaired) electrons. The fourth-order valence-corrected chi connectivity index (χ4v) is 3.19. The molecule has 27 heavy (non-hydrogen) atoms. The van der Waals surface area contributed by atoms with Gasteiger partial charge in [-0.25, -0.2) is 4.99 Å². The van der Waals surface area contributed by atoms with Crippen molar-refractivity contribution in [2.24, 2.45) is 4.99 Å². The van der Waals surface area contributed by atoms with Crippen LogP contribution in [0.4, 0.5) is 0 Å². The second-order valence-electron chi connectivity index (χ2n) is 7.21. The van der Waals surface area contributed by atoms with Crippen molar-refractivity contribution in [3.8, 4) is 0 Å². The van der Waals surface area contributed by atoms with Gasteiger partial charge in [0.1, 0.15) is 17.9 Å². The smallest absolute Gasteiger partial charge is 0.191 e. The standard InChI is InChI=1S/C20H30N4O2.HI/c1-4-21-19(23-15-20(2,3)24-9-11-25-12-10-24)22-14-17-13-16-7-5-6-8-18(16)26-17;/h5-8,13H,4,9-12,14-15H2,1-3H3,(H2,21,22,23);1H. The molecule has 0 amide bonds. The van der Waals surface area contributed by atoms with Gasteiger partial charge < -0.3 is 19.8 Å². The molecule has 1 aliphatic heterocycles. The number of hydrogen-bond donors (Lipinski definition) is 2. The van der Waals surface area contributed by atoms with E-state index in [0.717, 1.165) is 62.1 Å². The minimum Gasteiger partial charge on any atom is -0.459 e. The quantitative estimate of drug-likeness (QED) is 0.373. The summed E-state index contributed by atoms with van der Waals surface area (Å²) in [7, 11) is 0. The van der Waals surface area contributed by atoms with E-state index in [1.54, 1.807) is 0 Å². The van der Waals surface area contributed by atoms with Gasteiger partial charge in [-0.05, 0) is 32.9 Å². The van der Waals surface area contributed by atoms with Gasteiger partial charge in [-0.3, -0.25) is 4.90 Å². The Kier molecular flexibility index (Phi) is 8.37. The Morgan fingerprint density at radius 1 is 1.19 bits per heavy atom. The summed E-state index contributed by atoms with van der Waals surface area (Å²) in [6.45, 7) is 12.3. The first kappa shape index (κ1) is 22.0. The highest BCUT2D eigenvalue weighted by Gasteiger charge is 2.28. The number of para-hydroxylation sites is 1. The van der Waals surface area contributed by atoms with E-state index >= 15 is 0 Å². The van der Waals surface area contributed by atoms with Gasteiger partial charge in [-0.1, -0.05) is 18.2 Å². The molecule has 2 aromatic rings. The predicted molar refractivity (Wildman–Crippen MR) is 121 cm³/mol. The summed E-state index contributed by atoms with van der Waals surface area (Å²) in [4.78, 5) is 7.15. The number of nitrogens with zero attached hydrogens (tertiary/aromatic N) is 2. The lowest BCUT2D eigenvalue weighted by molar-refractivity contribution is -0.00834. The number of hydrogen-bond acceptors (Lipinski definition) is 4. The van der Waals surface area contributed by atoms with Crippen LogP contribution in [0.1, 0.15) is 26.5 Å². The summed E-state index contributed by atoms with van der Waals surface area (Å²) < 4.78 is 11.3. The minimum atomic E-state index is 0. The van der Waals surface area contributed by atoms with Crippen molar-refractivity contribution in [1.82, 2.24) is 15.5 Å². The van der Waals surface area contributed by atoms with E-state index in [-0.39, 0.29) is 29.5 Å². The Labute approximate surface area is 178 Å². The second-order valence-corrected chi connectivity index (χ2v) is 7.21. The summed E-state index contributed by atoms with van der Waals surface area (Å²) in [5.41, 5.74) is 0.948. The highest BCUT2D eigenvalue weighted by molar-refractivity contribution is 14.0. The molecule has 1 saturated heterocycles. The average Bonchev–Trinajstić information content (AvgIpc) is 3.08. The lowest BCUT2D eigenvalue weighted by Gasteiger charge is -2.41. The number of benzene rings is 1. The molecule has 1 aromatic carbocycles. The molecule has 1 aromatic heterocycles. The number of guanidine groups is 1. The molecule has 0 bridgehead atoms. The van der Waals surface area contributed by atoms with Crippen molar-refractivity contribution in [2.45, 2.75) is 32.9 Å². The van der Waals surface area contributed by atoms with Crippen LogP contribution < -0.4 is 10.6 Å². The van der Waals surface area contributed by atoms with E-state index in [1.165, 1.54) is 0 Å². The van der Waals surface area contributed by atoms with Gasteiger partial charge in [0.2, 0.25) is 0 Å². The van der Waals surface area contributed by atoms with E-state index in [2.05, 4.69) is 53.4 Å². The van der Waals surface area contributed by atoms with Gasteiger partial charge >= 0.3 is 0 Å². The number of aliphatic imine (C=N–C) groups is 1. The largest absolute Gasteiger partial charge is 0.459 e.